The van der Waals surface area contributed by atoms with E-state index in [2.05, 4.69) is 45.5 Å². The van der Waals surface area contributed by atoms with E-state index in [-0.39, 0.29) is 23.4 Å². The van der Waals surface area contributed by atoms with E-state index in [1.807, 2.05) is 9.80 Å². The summed E-state index contributed by atoms with van der Waals surface area (Å²) in [6.45, 7) is 3.18. The number of rotatable bonds is 4. The van der Waals surface area contributed by atoms with Crippen LogP contribution in [-0.2, 0) is 11.2 Å². The van der Waals surface area contributed by atoms with Crippen molar-refractivity contribution in [2.24, 2.45) is 5.92 Å². The molecule has 30 heavy (non-hydrogen) atoms. The molecule has 0 atom stereocenters. The Labute approximate surface area is 188 Å². The maximum atomic E-state index is 13.2. The molecular formula is C24H34BrN3O2. The summed E-state index contributed by atoms with van der Waals surface area (Å²) in [4.78, 5) is 29.8. The highest BCUT2D eigenvalue weighted by atomic mass is 79.9. The molecule has 0 aromatic heterocycles. The Balaban J connectivity index is 1.35. The highest BCUT2D eigenvalue weighted by molar-refractivity contribution is 9.10. The van der Waals surface area contributed by atoms with Gasteiger partial charge in [-0.15, -0.1) is 0 Å². The predicted octanol–water partition coefficient (Wildman–Crippen LogP) is 4.74. The maximum Gasteiger partial charge on any atom is 0.319 e. The average Bonchev–Trinajstić information content (AvgIpc) is 3.30. The topological polar surface area (TPSA) is 52.7 Å². The monoisotopic (exact) mass is 475 g/mol. The second-order valence-corrected chi connectivity index (χ2v) is 10.3. The first-order valence-electron chi connectivity index (χ1n) is 11.7. The fraction of sp³-hybridized carbons (Fsp3) is 0.667. The minimum absolute atomic E-state index is 0.0244. The lowest BCUT2D eigenvalue weighted by molar-refractivity contribution is -0.128. The Morgan fingerprint density at radius 2 is 1.50 bits per heavy atom. The van der Waals surface area contributed by atoms with Crippen molar-refractivity contribution in [2.75, 3.05) is 26.2 Å². The zero-order valence-corrected chi connectivity index (χ0v) is 19.5. The Bertz CT molecular complexity index is 731. The van der Waals surface area contributed by atoms with Crippen LogP contribution in [0.5, 0.6) is 0 Å². The number of carbonyl (C=O) groups is 2. The molecule has 1 aromatic carbocycles. The van der Waals surface area contributed by atoms with E-state index in [1.165, 1.54) is 24.8 Å². The molecule has 3 fully saturated rings. The van der Waals surface area contributed by atoms with E-state index >= 15 is 0 Å². The van der Waals surface area contributed by atoms with Gasteiger partial charge in [-0.25, -0.2) is 4.79 Å². The van der Waals surface area contributed by atoms with Gasteiger partial charge in [0.25, 0.3) is 0 Å². The zero-order valence-electron chi connectivity index (χ0n) is 17.9. The number of hydrogen-bond donors (Lipinski definition) is 1. The Kier molecular flexibility index (Phi) is 7.01. The molecule has 164 valence electrons. The van der Waals surface area contributed by atoms with Crippen LogP contribution < -0.4 is 5.32 Å². The van der Waals surface area contributed by atoms with Crippen molar-refractivity contribution in [1.29, 1.82) is 0 Å². The number of piperidine rings is 1. The van der Waals surface area contributed by atoms with Crippen molar-refractivity contribution in [3.8, 4) is 0 Å². The summed E-state index contributed by atoms with van der Waals surface area (Å²) in [5.41, 5.74) is 1.16. The molecule has 3 aliphatic rings. The molecule has 1 saturated carbocycles. The summed E-state index contributed by atoms with van der Waals surface area (Å²) in [5.74, 6) is 0.221. The van der Waals surface area contributed by atoms with Gasteiger partial charge in [-0.2, -0.15) is 0 Å². The van der Waals surface area contributed by atoms with Gasteiger partial charge in [0.2, 0.25) is 5.91 Å². The largest absolute Gasteiger partial charge is 0.350 e. The lowest BCUT2D eigenvalue weighted by atomic mass is 9.77. The first-order valence-corrected chi connectivity index (χ1v) is 12.4. The number of benzene rings is 1. The third kappa shape index (κ3) is 5.19. The van der Waals surface area contributed by atoms with Crippen LogP contribution in [0.2, 0.25) is 0 Å². The zero-order chi connectivity index (χ0) is 21.0. The van der Waals surface area contributed by atoms with Gasteiger partial charge in [-0.1, -0.05) is 47.3 Å². The van der Waals surface area contributed by atoms with E-state index in [1.54, 1.807) is 0 Å². The van der Waals surface area contributed by atoms with Gasteiger partial charge in [0, 0.05) is 42.1 Å². The number of likely N-dealkylation sites (tertiary alicyclic amines) is 2. The van der Waals surface area contributed by atoms with Crippen LogP contribution >= 0.6 is 15.9 Å². The highest BCUT2D eigenvalue weighted by Gasteiger charge is 2.37. The van der Waals surface area contributed by atoms with Crippen molar-refractivity contribution in [3.63, 3.8) is 0 Å². The van der Waals surface area contributed by atoms with Crippen LogP contribution in [0.4, 0.5) is 4.79 Å². The smallest absolute Gasteiger partial charge is 0.319 e. The van der Waals surface area contributed by atoms with Crippen LogP contribution in [-0.4, -0.2) is 53.5 Å². The van der Waals surface area contributed by atoms with E-state index in [0.29, 0.717) is 13.1 Å². The lowest BCUT2D eigenvalue weighted by Gasteiger charge is -2.41. The first-order chi connectivity index (χ1) is 14.5. The Morgan fingerprint density at radius 1 is 0.900 bits per heavy atom. The lowest BCUT2D eigenvalue weighted by Crippen LogP contribution is -2.54. The number of urea groups is 1. The van der Waals surface area contributed by atoms with Gasteiger partial charge in [-0.3, -0.25) is 4.79 Å². The molecule has 5 nitrogen and oxygen atoms in total. The number of halogens is 1. The first kappa shape index (κ1) is 21.7. The van der Waals surface area contributed by atoms with Gasteiger partial charge in [0.1, 0.15) is 0 Å². The van der Waals surface area contributed by atoms with Crippen LogP contribution in [0.25, 0.3) is 0 Å². The second kappa shape index (κ2) is 9.71. The van der Waals surface area contributed by atoms with Gasteiger partial charge >= 0.3 is 6.03 Å². The third-order valence-corrected chi connectivity index (χ3v) is 7.70. The third-order valence-electron chi connectivity index (χ3n) is 7.17. The standard InChI is InChI=1S/C24H34BrN3O2/c25-21-8-6-19(7-9-21)18-24(12-2-1-3-13-24)26-22(29)20-10-16-28(17-11-20)23(30)27-14-4-5-15-27/h6-9,20H,1-5,10-18H2,(H,26,29). The summed E-state index contributed by atoms with van der Waals surface area (Å²) in [7, 11) is 0. The van der Waals surface area contributed by atoms with Gasteiger partial charge in [0.15, 0.2) is 0 Å². The summed E-state index contributed by atoms with van der Waals surface area (Å²) in [6.07, 6.45) is 10.4. The summed E-state index contributed by atoms with van der Waals surface area (Å²) >= 11 is 3.51. The molecular weight excluding hydrogens is 442 g/mol. The molecule has 1 N–H and O–H groups in total. The van der Waals surface area contributed by atoms with E-state index in [9.17, 15) is 9.59 Å². The van der Waals surface area contributed by atoms with Gasteiger partial charge in [-0.05, 0) is 62.6 Å². The molecule has 0 bridgehead atoms. The van der Waals surface area contributed by atoms with E-state index in [4.69, 9.17) is 0 Å². The van der Waals surface area contributed by atoms with Crippen molar-refractivity contribution >= 4 is 27.9 Å². The maximum absolute atomic E-state index is 13.2. The molecule has 0 radical (unpaired) electrons. The highest BCUT2D eigenvalue weighted by Crippen LogP contribution is 2.33. The Hall–Kier alpha value is -1.56. The van der Waals surface area contributed by atoms with E-state index in [0.717, 1.165) is 62.5 Å². The molecule has 2 heterocycles. The summed E-state index contributed by atoms with van der Waals surface area (Å²) < 4.78 is 1.09. The number of carbonyl (C=O) groups excluding carboxylic acids is 2. The molecule has 1 aromatic rings. The van der Waals surface area contributed by atoms with Gasteiger partial charge < -0.3 is 15.1 Å². The van der Waals surface area contributed by atoms with Crippen molar-refractivity contribution in [3.05, 3.63) is 34.3 Å². The van der Waals surface area contributed by atoms with Crippen LogP contribution in [0.1, 0.15) is 63.4 Å². The fourth-order valence-corrected chi connectivity index (χ4v) is 5.64. The number of nitrogens with zero attached hydrogens (tertiary/aromatic N) is 2. The quantitative estimate of drug-likeness (QED) is 0.683. The van der Waals surface area contributed by atoms with Crippen molar-refractivity contribution in [2.45, 2.75) is 69.7 Å². The van der Waals surface area contributed by atoms with Crippen molar-refractivity contribution < 1.29 is 9.59 Å². The minimum atomic E-state index is -0.119. The van der Waals surface area contributed by atoms with Gasteiger partial charge in [0.05, 0.1) is 0 Å². The van der Waals surface area contributed by atoms with Crippen LogP contribution in [0, 0.1) is 5.92 Å². The fourth-order valence-electron chi connectivity index (χ4n) is 5.37. The molecule has 2 aliphatic heterocycles. The van der Waals surface area contributed by atoms with Crippen LogP contribution in [0.3, 0.4) is 0 Å². The minimum Gasteiger partial charge on any atom is -0.350 e. The summed E-state index contributed by atoms with van der Waals surface area (Å²) in [6, 6.07) is 8.66. The van der Waals surface area contributed by atoms with Crippen molar-refractivity contribution in [1.82, 2.24) is 15.1 Å². The normalized spacial score (nSPS) is 22.2. The average molecular weight is 476 g/mol. The molecule has 3 amide bonds. The molecule has 0 unspecified atom stereocenters. The number of amides is 3. The molecule has 4 rings (SSSR count). The van der Waals surface area contributed by atoms with Crippen LogP contribution in [0.15, 0.2) is 28.7 Å². The number of hydrogen-bond acceptors (Lipinski definition) is 2. The predicted molar refractivity (Wildman–Crippen MR) is 122 cm³/mol. The molecule has 6 heteroatoms. The number of nitrogens with one attached hydrogen (secondary N) is 1. The molecule has 0 spiro atoms. The molecule has 2 saturated heterocycles. The second-order valence-electron chi connectivity index (χ2n) is 9.37. The summed E-state index contributed by atoms with van der Waals surface area (Å²) in [5, 5.41) is 3.50. The van der Waals surface area contributed by atoms with E-state index < -0.39 is 0 Å². The molecule has 1 aliphatic carbocycles. The Morgan fingerprint density at radius 3 is 2.13 bits per heavy atom. The SMILES string of the molecule is O=C(NC1(Cc2ccc(Br)cc2)CCCCC1)C1CCN(C(=O)N2CCCC2)CC1.